The molecule has 1 aromatic rings. The molecule has 0 bridgehead atoms. The van der Waals surface area contributed by atoms with E-state index in [-0.39, 0.29) is 25.0 Å². The average molecular weight is 265 g/mol. The van der Waals surface area contributed by atoms with Crippen LogP contribution >= 0.6 is 0 Å². The number of hydrogen-bond donors (Lipinski definition) is 2. The summed E-state index contributed by atoms with van der Waals surface area (Å²) in [7, 11) is 1.52. The Kier molecular flexibility index (Phi) is 5.99. The molecule has 1 rings (SSSR count). The molecule has 2 N–H and O–H groups in total. The highest BCUT2D eigenvalue weighted by Gasteiger charge is 2.24. The van der Waals surface area contributed by atoms with Crippen LogP contribution in [-0.4, -0.2) is 36.9 Å². The highest BCUT2D eigenvalue weighted by Crippen LogP contribution is 2.19. The van der Waals surface area contributed by atoms with Gasteiger partial charge in [-0.1, -0.05) is 37.3 Å². The van der Waals surface area contributed by atoms with Crippen molar-refractivity contribution in [1.82, 2.24) is 5.32 Å². The average Bonchev–Trinajstić information content (AvgIpc) is 2.39. The third kappa shape index (κ3) is 5.01. The van der Waals surface area contributed by atoms with Crippen LogP contribution < -0.4 is 5.32 Å². The van der Waals surface area contributed by atoms with Crippen molar-refractivity contribution in [1.29, 1.82) is 0 Å². The molecular weight excluding hydrogens is 242 g/mol. The summed E-state index contributed by atoms with van der Waals surface area (Å²) < 4.78 is 4.91. The molecule has 0 saturated carbocycles. The van der Waals surface area contributed by atoms with Gasteiger partial charge in [-0.05, 0) is 18.9 Å². The quantitative estimate of drug-likeness (QED) is 0.789. The lowest BCUT2D eigenvalue weighted by Gasteiger charge is -2.24. The first-order chi connectivity index (χ1) is 9.00. The van der Waals surface area contributed by atoms with Crippen LogP contribution in [0.15, 0.2) is 30.3 Å². The van der Waals surface area contributed by atoms with Crippen LogP contribution in [0.25, 0.3) is 0 Å². The minimum Gasteiger partial charge on any atom is -0.386 e. The SMILES string of the molecule is CC[C@H](C(=O)NC[C@@](C)(O)COC)c1ccccc1. The van der Waals surface area contributed by atoms with E-state index in [1.54, 1.807) is 6.92 Å². The summed E-state index contributed by atoms with van der Waals surface area (Å²) in [5.74, 6) is -0.246. The number of hydrogen-bond acceptors (Lipinski definition) is 3. The third-order valence-corrected chi connectivity index (χ3v) is 3.03. The summed E-state index contributed by atoms with van der Waals surface area (Å²) in [6.07, 6.45) is 0.724. The molecule has 0 aliphatic carbocycles. The first-order valence-corrected chi connectivity index (χ1v) is 6.54. The highest BCUT2D eigenvalue weighted by atomic mass is 16.5. The molecule has 0 spiro atoms. The Morgan fingerprint density at radius 2 is 2.05 bits per heavy atom. The van der Waals surface area contributed by atoms with Crippen LogP contribution in [0.4, 0.5) is 0 Å². The molecule has 0 aliphatic rings. The Morgan fingerprint density at radius 3 is 2.58 bits per heavy atom. The second kappa shape index (κ2) is 7.26. The van der Waals surface area contributed by atoms with Gasteiger partial charge in [0.1, 0.15) is 5.60 Å². The number of ether oxygens (including phenoxy) is 1. The zero-order chi connectivity index (χ0) is 14.3. The first-order valence-electron chi connectivity index (χ1n) is 6.54. The van der Waals surface area contributed by atoms with E-state index < -0.39 is 5.60 Å². The van der Waals surface area contributed by atoms with Crippen molar-refractivity contribution < 1.29 is 14.6 Å². The molecular formula is C15H23NO3. The zero-order valence-electron chi connectivity index (χ0n) is 11.8. The van der Waals surface area contributed by atoms with Crippen molar-refractivity contribution in [3.63, 3.8) is 0 Å². The van der Waals surface area contributed by atoms with Crippen LogP contribution in [0, 0.1) is 0 Å². The molecule has 0 aliphatic heterocycles. The van der Waals surface area contributed by atoms with E-state index in [2.05, 4.69) is 5.32 Å². The number of benzene rings is 1. The predicted octanol–water partition coefficient (Wildman–Crippen LogP) is 1.69. The molecule has 4 heteroatoms. The monoisotopic (exact) mass is 265 g/mol. The molecule has 0 heterocycles. The van der Waals surface area contributed by atoms with E-state index in [0.717, 1.165) is 12.0 Å². The maximum atomic E-state index is 12.2. The summed E-state index contributed by atoms with van der Waals surface area (Å²) >= 11 is 0. The number of nitrogens with one attached hydrogen (secondary N) is 1. The van der Waals surface area contributed by atoms with Crippen molar-refractivity contribution in [3.05, 3.63) is 35.9 Å². The van der Waals surface area contributed by atoms with Gasteiger partial charge in [0.25, 0.3) is 0 Å². The van der Waals surface area contributed by atoms with Gasteiger partial charge in [0, 0.05) is 13.7 Å². The summed E-state index contributed by atoms with van der Waals surface area (Å²) in [5.41, 5.74) is -0.0479. The topological polar surface area (TPSA) is 58.6 Å². The third-order valence-electron chi connectivity index (χ3n) is 3.03. The maximum Gasteiger partial charge on any atom is 0.227 e. The fourth-order valence-electron chi connectivity index (χ4n) is 2.02. The second-order valence-electron chi connectivity index (χ2n) is 5.02. The molecule has 0 unspecified atom stereocenters. The summed E-state index contributed by atoms with van der Waals surface area (Å²) in [4.78, 5) is 12.2. The number of carbonyl (C=O) groups is 1. The lowest BCUT2D eigenvalue weighted by atomic mass is 9.95. The number of aliphatic hydroxyl groups is 1. The van der Waals surface area contributed by atoms with Crippen LogP contribution in [-0.2, 0) is 9.53 Å². The van der Waals surface area contributed by atoms with Crippen LogP contribution in [0.2, 0.25) is 0 Å². The standard InChI is InChI=1S/C15H23NO3/c1-4-13(12-8-6-5-7-9-12)14(17)16-10-15(2,18)11-19-3/h5-9,13,18H,4,10-11H2,1-3H3,(H,16,17)/t13-,15+/m0/s1. The normalized spacial score (nSPS) is 15.6. The number of rotatable bonds is 7. The van der Waals surface area contributed by atoms with E-state index in [1.165, 1.54) is 7.11 Å². The molecule has 2 atom stereocenters. The minimum absolute atomic E-state index is 0.0647. The van der Waals surface area contributed by atoms with Crippen molar-refractivity contribution >= 4 is 5.91 Å². The molecule has 19 heavy (non-hydrogen) atoms. The molecule has 0 fully saturated rings. The first kappa shape index (κ1) is 15.7. The smallest absolute Gasteiger partial charge is 0.227 e. The maximum absolute atomic E-state index is 12.2. The zero-order valence-corrected chi connectivity index (χ0v) is 11.8. The highest BCUT2D eigenvalue weighted by molar-refractivity contribution is 5.83. The van der Waals surface area contributed by atoms with E-state index in [1.807, 2.05) is 37.3 Å². The molecule has 1 amide bonds. The molecule has 0 radical (unpaired) electrons. The van der Waals surface area contributed by atoms with Gasteiger partial charge in [-0.2, -0.15) is 0 Å². The molecule has 0 aromatic heterocycles. The van der Waals surface area contributed by atoms with E-state index >= 15 is 0 Å². The fraction of sp³-hybridized carbons (Fsp3) is 0.533. The van der Waals surface area contributed by atoms with Crippen LogP contribution in [0.3, 0.4) is 0 Å². The van der Waals surface area contributed by atoms with Gasteiger partial charge in [0.05, 0.1) is 12.5 Å². The Labute approximate surface area is 114 Å². The van der Waals surface area contributed by atoms with Crippen LogP contribution in [0.1, 0.15) is 31.7 Å². The fourth-order valence-corrected chi connectivity index (χ4v) is 2.02. The molecule has 106 valence electrons. The van der Waals surface area contributed by atoms with Gasteiger partial charge in [0.15, 0.2) is 0 Å². The van der Waals surface area contributed by atoms with E-state index in [9.17, 15) is 9.90 Å². The van der Waals surface area contributed by atoms with Crippen LogP contribution in [0.5, 0.6) is 0 Å². The van der Waals surface area contributed by atoms with Gasteiger partial charge in [-0.25, -0.2) is 0 Å². The number of methoxy groups -OCH3 is 1. The number of amides is 1. The van der Waals surface area contributed by atoms with Crippen molar-refractivity contribution in [3.8, 4) is 0 Å². The van der Waals surface area contributed by atoms with Gasteiger partial charge in [-0.3, -0.25) is 4.79 Å². The van der Waals surface area contributed by atoms with Gasteiger partial charge >= 0.3 is 0 Å². The second-order valence-corrected chi connectivity index (χ2v) is 5.02. The summed E-state index contributed by atoms with van der Waals surface area (Å²) in [6.45, 7) is 3.99. The van der Waals surface area contributed by atoms with Gasteiger partial charge < -0.3 is 15.2 Å². The van der Waals surface area contributed by atoms with Gasteiger partial charge in [0.2, 0.25) is 5.91 Å². The van der Waals surface area contributed by atoms with E-state index in [0.29, 0.717) is 0 Å². The Morgan fingerprint density at radius 1 is 1.42 bits per heavy atom. The minimum atomic E-state index is -1.04. The summed E-state index contributed by atoms with van der Waals surface area (Å²) in [5, 5.41) is 12.7. The van der Waals surface area contributed by atoms with Crippen molar-refractivity contribution in [2.45, 2.75) is 31.8 Å². The Bertz CT molecular complexity index is 390. The predicted molar refractivity (Wildman–Crippen MR) is 75.0 cm³/mol. The molecule has 4 nitrogen and oxygen atoms in total. The van der Waals surface area contributed by atoms with E-state index in [4.69, 9.17) is 4.74 Å². The molecule has 1 aromatic carbocycles. The Balaban J connectivity index is 2.61. The lowest BCUT2D eigenvalue weighted by molar-refractivity contribution is -0.124. The lowest BCUT2D eigenvalue weighted by Crippen LogP contribution is -2.45. The van der Waals surface area contributed by atoms with Crippen molar-refractivity contribution in [2.24, 2.45) is 0 Å². The summed E-state index contributed by atoms with van der Waals surface area (Å²) in [6, 6.07) is 9.66. The molecule has 0 saturated heterocycles. The number of carbonyl (C=O) groups excluding carboxylic acids is 1. The van der Waals surface area contributed by atoms with Crippen molar-refractivity contribution in [2.75, 3.05) is 20.3 Å². The van der Waals surface area contributed by atoms with Gasteiger partial charge in [-0.15, -0.1) is 0 Å². The Hall–Kier alpha value is -1.39. The largest absolute Gasteiger partial charge is 0.386 e.